The SMILES string of the molecule is Cn1c(=O)n(C)c2cc([N+](=O)[O-])c(NCC[NH3+])cc21. The van der Waals surface area contributed by atoms with Gasteiger partial charge >= 0.3 is 5.69 Å². The summed E-state index contributed by atoms with van der Waals surface area (Å²) in [7, 11) is 3.24. The molecule has 0 aliphatic rings. The van der Waals surface area contributed by atoms with Crippen LogP contribution < -0.4 is 16.7 Å². The smallest absolute Gasteiger partial charge is 0.328 e. The summed E-state index contributed by atoms with van der Waals surface area (Å²) >= 11 is 0. The molecule has 8 nitrogen and oxygen atoms in total. The standard InChI is InChI=1S/C11H15N5O3/c1-14-9-5-7(13-4-3-12)8(16(18)19)6-10(9)15(2)11(14)17/h5-6,13H,3-4,12H2,1-2H3/p+1. The number of imidazole rings is 1. The first kappa shape index (κ1) is 13.1. The summed E-state index contributed by atoms with van der Waals surface area (Å²) in [5, 5.41) is 14.1. The maximum absolute atomic E-state index is 11.8. The van der Waals surface area contributed by atoms with E-state index in [9.17, 15) is 14.9 Å². The van der Waals surface area contributed by atoms with Crippen LogP contribution >= 0.6 is 0 Å². The summed E-state index contributed by atoms with van der Waals surface area (Å²) in [5.74, 6) is 0. The number of benzene rings is 1. The number of quaternary nitrogens is 1. The largest absolute Gasteiger partial charge is 0.374 e. The zero-order valence-electron chi connectivity index (χ0n) is 10.8. The van der Waals surface area contributed by atoms with Gasteiger partial charge in [-0.1, -0.05) is 0 Å². The molecule has 102 valence electrons. The third-order valence-corrected chi connectivity index (χ3v) is 3.08. The Morgan fingerprint density at radius 1 is 1.32 bits per heavy atom. The van der Waals surface area contributed by atoms with Crippen LogP contribution in [0.4, 0.5) is 11.4 Å². The van der Waals surface area contributed by atoms with Crippen molar-refractivity contribution in [1.29, 1.82) is 0 Å². The summed E-state index contributed by atoms with van der Waals surface area (Å²) in [5.41, 5.74) is 5.04. The van der Waals surface area contributed by atoms with Crippen molar-refractivity contribution in [2.24, 2.45) is 14.1 Å². The van der Waals surface area contributed by atoms with Crippen molar-refractivity contribution in [2.45, 2.75) is 0 Å². The number of rotatable bonds is 4. The van der Waals surface area contributed by atoms with E-state index < -0.39 is 4.92 Å². The lowest BCUT2D eigenvalue weighted by Crippen LogP contribution is -2.53. The van der Waals surface area contributed by atoms with E-state index in [1.54, 1.807) is 20.2 Å². The lowest BCUT2D eigenvalue weighted by atomic mass is 10.2. The minimum Gasteiger partial charge on any atom is -0.374 e. The third kappa shape index (κ3) is 2.06. The van der Waals surface area contributed by atoms with Crippen LogP contribution in [0.3, 0.4) is 0 Å². The van der Waals surface area contributed by atoms with Gasteiger partial charge in [0.15, 0.2) is 0 Å². The van der Waals surface area contributed by atoms with Crippen molar-refractivity contribution in [2.75, 3.05) is 18.4 Å². The van der Waals surface area contributed by atoms with Crippen molar-refractivity contribution in [3.63, 3.8) is 0 Å². The second-order valence-corrected chi connectivity index (χ2v) is 4.30. The molecule has 1 aromatic heterocycles. The van der Waals surface area contributed by atoms with Gasteiger partial charge in [0.2, 0.25) is 0 Å². The number of hydrogen-bond acceptors (Lipinski definition) is 4. The van der Waals surface area contributed by atoms with Gasteiger partial charge in [0.1, 0.15) is 5.69 Å². The number of nitro groups is 1. The number of nitrogens with zero attached hydrogens (tertiary/aromatic N) is 3. The van der Waals surface area contributed by atoms with Crippen LogP contribution in [0.25, 0.3) is 11.0 Å². The van der Waals surface area contributed by atoms with Crippen molar-refractivity contribution < 1.29 is 10.7 Å². The average molecular weight is 266 g/mol. The molecule has 0 saturated carbocycles. The first-order valence-electron chi connectivity index (χ1n) is 5.84. The molecule has 8 heteroatoms. The van der Waals surface area contributed by atoms with Crippen LogP contribution in [0.2, 0.25) is 0 Å². The van der Waals surface area contributed by atoms with E-state index in [0.717, 1.165) is 0 Å². The predicted molar refractivity (Wildman–Crippen MR) is 71.1 cm³/mol. The van der Waals surface area contributed by atoms with E-state index >= 15 is 0 Å². The highest BCUT2D eigenvalue weighted by Gasteiger charge is 2.19. The van der Waals surface area contributed by atoms with E-state index in [0.29, 0.717) is 29.8 Å². The van der Waals surface area contributed by atoms with Gasteiger partial charge in [-0.15, -0.1) is 0 Å². The first-order valence-corrected chi connectivity index (χ1v) is 5.84. The zero-order valence-corrected chi connectivity index (χ0v) is 10.8. The van der Waals surface area contributed by atoms with Crippen LogP contribution in [0.5, 0.6) is 0 Å². The van der Waals surface area contributed by atoms with Crippen molar-refractivity contribution in [1.82, 2.24) is 9.13 Å². The quantitative estimate of drug-likeness (QED) is 0.571. The lowest BCUT2D eigenvalue weighted by molar-refractivity contribution is -0.383. The molecule has 0 spiro atoms. The maximum atomic E-state index is 11.8. The monoisotopic (exact) mass is 266 g/mol. The molecule has 1 aromatic carbocycles. The molecule has 2 rings (SSSR count). The molecule has 4 N–H and O–H groups in total. The first-order chi connectivity index (χ1) is 8.97. The number of hydrogen-bond donors (Lipinski definition) is 2. The number of anilines is 1. The molecule has 0 bridgehead atoms. The Hall–Kier alpha value is -2.35. The molecule has 0 saturated heterocycles. The molecule has 0 amide bonds. The van der Waals surface area contributed by atoms with Crippen molar-refractivity contribution in [3.05, 3.63) is 32.7 Å². The van der Waals surface area contributed by atoms with Gasteiger partial charge in [0, 0.05) is 20.2 Å². The van der Waals surface area contributed by atoms with Crippen LogP contribution in [0.15, 0.2) is 16.9 Å². The van der Waals surface area contributed by atoms with Gasteiger partial charge < -0.3 is 11.1 Å². The fourth-order valence-electron chi connectivity index (χ4n) is 2.05. The van der Waals surface area contributed by atoms with Gasteiger partial charge in [0.05, 0.1) is 29.0 Å². The van der Waals surface area contributed by atoms with Crippen LogP contribution in [-0.2, 0) is 14.1 Å². The Bertz CT molecular complexity index is 700. The van der Waals surface area contributed by atoms with E-state index in [1.807, 2.05) is 0 Å². The molecule has 0 aliphatic heterocycles. The molecule has 1 heterocycles. The number of aromatic nitrogens is 2. The molecule has 0 radical (unpaired) electrons. The minimum absolute atomic E-state index is 0.0397. The van der Waals surface area contributed by atoms with Gasteiger partial charge in [-0.25, -0.2) is 4.79 Å². The molecule has 0 aliphatic carbocycles. The molecule has 2 aromatic rings. The second-order valence-electron chi connectivity index (χ2n) is 4.30. The van der Waals surface area contributed by atoms with Gasteiger partial charge in [-0.2, -0.15) is 0 Å². The van der Waals surface area contributed by atoms with Crippen molar-refractivity contribution >= 4 is 22.4 Å². The van der Waals surface area contributed by atoms with Gasteiger partial charge in [-0.3, -0.25) is 19.2 Å². The number of nitro benzene ring substituents is 1. The highest BCUT2D eigenvalue weighted by Crippen LogP contribution is 2.29. The minimum atomic E-state index is -0.456. The summed E-state index contributed by atoms with van der Waals surface area (Å²) in [6.45, 7) is 1.15. The number of nitrogens with one attached hydrogen (secondary N) is 1. The van der Waals surface area contributed by atoms with E-state index in [1.165, 1.54) is 15.2 Å². The van der Waals surface area contributed by atoms with Crippen LogP contribution in [-0.4, -0.2) is 27.1 Å². The Kier molecular flexibility index (Phi) is 3.26. The summed E-state index contributed by atoms with van der Waals surface area (Å²) in [6, 6.07) is 3.05. The Morgan fingerprint density at radius 2 is 1.89 bits per heavy atom. The van der Waals surface area contributed by atoms with E-state index in [2.05, 4.69) is 11.1 Å². The summed E-state index contributed by atoms with van der Waals surface area (Å²) in [6.07, 6.45) is 0. The highest BCUT2D eigenvalue weighted by molar-refractivity contribution is 5.85. The molecular formula is C11H16N5O3+. The van der Waals surface area contributed by atoms with Crippen LogP contribution in [0.1, 0.15) is 0 Å². The number of fused-ring (bicyclic) bond motifs is 1. The predicted octanol–water partition coefficient (Wildman–Crippen LogP) is -0.561. The van der Waals surface area contributed by atoms with Gasteiger partial charge in [-0.05, 0) is 6.07 Å². The highest BCUT2D eigenvalue weighted by atomic mass is 16.6. The fraction of sp³-hybridized carbons (Fsp3) is 0.364. The Labute approximate surface area is 108 Å². The fourth-order valence-corrected chi connectivity index (χ4v) is 2.05. The van der Waals surface area contributed by atoms with Gasteiger partial charge in [0.25, 0.3) is 5.69 Å². The zero-order chi connectivity index (χ0) is 14.2. The topological polar surface area (TPSA) is 110 Å². The van der Waals surface area contributed by atoms with Crippen molar-refractivity contribution in [3.8, 4) is 0 Å². The average Bonchev–Trinajstić information content (AvgIpc) is 2.60. The number of aryl methyl sites for hydroxylation is 2. The van der Waals surface area contributed by atoms with Crippen LogP contribution in [0, 0.1) is 10.1 Å². The Balaban J connectivity index is 2.73. The summed E-state index contributed by atoms with van der Waals surface area (Å²) < 4.78 is 2.86. The third-order valence-electron chi connectivity index (χ3n) is 3.08. The molecule has 19 heavy (non-hydrogen) atoms. The van der Waals surface area contributed by atoms with E-state index in [4.69, 9.17) is 0 Å². The molecular weight excluding hydrogens is 250 g/mol. The Morgan fingerprint density at radius 3 is 2.42 bits per heavy atom. The normalized spacial score (nSPS) is 10.9. The van der Waals surface area contributed by atoms with E-state index in [-0.39, 0.29) is 11.4 Å². The maximum Gasteiger partial charge on any atom is 0.328 e. The second kappa shape index (κ2) is 4.73. The lowest BCUT2D eigenvalue weighted by Gasteiger charge is -2.06. The molecule has 0 fully saturated rings. The molecule has 0 atom stereocenters. The molecule has 0 unspecified atom stereocenters. The summed E-state index contributed by atoms with van der Waals surface area (Å²) in [4.78, 5) is 22.5.